The zero-order chi connectivity index (χ0) is 26.2. The second kappa shape index (κ2) is 9.62. The highest BCUT2D eigenvalue weighted by Gasteiger charge is 2.21. The average Bonchev–Trinajstić information content (AvgIpc) is 3.09. The topological polar surface area (TPSA) is 79.5 Å². The Kier molecular flexibility index (Phi) is 6.73. The average molecular weight is 511 g/mol. The van der Waals surface area contributed by atoms with Crippen molar-refractivity contribution in [3.05, 3.63) is 98.7 Å². The van der Waals surface area contributed by atoms with Gasteiger partial charge in [0.05, 0.1) is 41.5 Å². The molecule has 4 aromatic rings. The molecule has 36 heavy (non-hydrogen) atoms. The van der Waals surface area contributed by atoms with Crippen LogP contribution in [0.2, 0.25) is 5.02 Å². The Bertz CT molecular complexity index is 1530. The largest absolute Gasteiger partial charge is 0.465 e. The monoisotopic (exact) mass is 510 g/mol. The van der Waals surface area contributed by atoms with Crippen molar-refractivity contribution in [2.75, 3.05) is 7.11 Å². The predicted molar refractivity (Wildman–Crippen MR) is 135 cm³/mol. The number of aromatic nitrogens is 2. The fourth-order valence-electron chi connectivity index (χ4n) is 3.86. The Hall–Kier alpha value is -3.91. The molecule has 3 aromatic carbocycles. The Morgan fingerprint density at radius 1 is 0.972 bits per heavy atom. The number of carbonyl (C=O) groups is 2. The van der Waals surface area contributed by atoms with E-state index >= 15 is 4.39 Å². The summed E-state index contributed by atoms with van der Waals surface area (Å²) in [7, 11) is 1.17. The minimum absolute atomic E-state index is 0.128. The van der Waals surface area contributed by atoms with Crippen molar-refractivity contribution in [2.45, 2.75) is 32.9 Å². The molecule has 0 N–H and O–H groups in total. The van der Waals surface area contributed by atoms with Crippen molar-refractivity contribution >= 4 is 34.6 Å². The highest BCUT2D eigenvalue weighted by atomic mass is 35.5. The van der Waals surface area contributed by atoms with E-state index in [-0.39, 0.29) is 17.7 Å². The maximum absolute atomic E-state index is 15.1. The Balaban J connectivity index is 1.80. The number of esters is 2. The molecule has 0 fully saturated rings. The Morgan fingerprint density at radius 2 is 1.67 bits per heavy atom. The van der Waals surface area contributed by atoms with Gasteiger partial charge in [0.25, 0.3) is 0 Å². The summed E-state index contributed by atoms with van der Waals surface area (Å²) in [6, 6.07) is 15.7. The van der Waals surface area contributed by atoms with Crippen LogP contribution in [0.4, 0.5) is 4.39 Å². The van der Waals surface area contributed by atoms with Crippen LogP contribution < -0.4 is 5.69 Å². The minimum Gasteiger partial charge on any atom is -0.465 e. The van der Waals surface area contributed by atoms with Crippen LogP contribution in [0.25, 0.3) is 16.7 Å². The van der Waals surface area contributed by atoms with Crippen molar-refractivity contribution in [1.82, 2.24) is 9.13 Å². The molecule has 0 saturated carbocycles. The first-order valence-corrected chi connectivity index (χ1v) is 11.5. The third-order valence-corrected chi connectivity index (χ3v) is 5.70. The number of benzene rings is 3. The summed E-state index contributed by atoms with van der Waals surface area (Å²) in [4.78, 5) is 37.9. The number of carbonyl (C=O) groups excluding carboxylic acids is 2. The van der Waals surface area contributed by atoms with Crippen LogP contribution in [0.3, 0.4) is 0 Å². The summed E-state index contributed by atoms with van der Waals surface area (Å²) in [5, 5.41) is 0.414. The maximum atomic E-state index is 15.1. The van der Waals surface area contributed by atoms with Gasteiger partial charge in [-0.15, -0.1) is 0 Å². The van der Waals surface area contributed by atoms with Gasteiger partial charge >= 0.3 is 17.6 Å². The smallest absolute Gasteiger partial charge is 0.340 e. The molecule has 7 nitrogen and oxygen atoms in total. The van der Waals surface area contributed by atoms with Crippen LogP contribution >= 0.6 is 11.6 Å². The molecule has 0 aliphatic carbocycles. The number of fused-ring (bicyclic) bond motifs is 1. The molecular weight excluding hydrogens is 487 g/mol. The summed E-state index contributed by atoms with van der Waals surface area (Å²) in [6.07, 6.45) is 0. The van der Waals surface area contributed by atoms with Crippen molar-refractivity contribution in [1.29, 1.82) is 0 Å². The number of ether oxygens (including phenoxy) is 2. The van der Waals surface area contributed by atoms with Crippen LogP contribution in [0.5, 0.6) is 0 Å². The van der Waals surface area contributed by atoms with Gasteiger partial charge in [0.1, 0.15) is 11.4 Å². The van der Waals surface area contributed by atoms with Gasteiger partial charge in [-0.2, -0.15) is 0 Å². The third kappa shape index (κ3) is 4.90. The molecule has 0 aliphatic heterocycles. The van der Waals surface area contributed by atoms with E-state index < -0.39 is 29.0 Å². The van der Waals surface area contributed by atoms with E-state index in [0.29, 0.717) is 27.3 Å². The molecule has 0 unspecified atom stereocenters. The van der Waals surface area contributed by atoms with Crippen molar-refractivity contribution in [3.63, 3.8) is 0 Å². The second-order valence-corrected chi connectivity index (χ2v) is 9.59. The maximum Gasteiger partial charge on any atom is 0.340 e. The van der Waals surface area contributed by atoms with Crippen LogP contribution in [-0.2, 0) is 16.0 Å². The fraction of sp³-hybridized carbons (Fsp3) is 0.222. The molecule has 0 radical (unpaired) electrons. The summed E-state index contributed by atoms with van der Waals surface area (Å²) in [5.41, 5.74) is 0.692. The lowest BCUT2D eigenvalue weighted by Gasteiger charge is -2.19. The van der Waals surface area contributed by atoms with Crippen LogP contribution in [0.1, 0.15) is 47.1 Å². The van der Waals surface area contributed by atoms with E-state index in [1.807, 2.05) is 0 Å². The van der Waals surface area contributed by atoms with Gasteiger partial charge in [-0.1, -0.05) is 23.7 Å². The number of rotatable bonds is 5. The van der Waals surface area contributed by atoms with E-state index in [1.165, 1.54) is 34.4 Å². The summed E-state index contributed by atoms with van der Waals surface area (Å²) in [6.45, 7) is 5.21. The predicted octanol–water partition coefficient (Wildman–Crippen LogP) is 5.37. The zero-order valence-electron chi connectivity index (χ0n) is 20.2. The molecule has 1 heterocycles. The van der Waals surface area contributed by atoms with Crippen molar-refractivity contribution < 1.29 is 23.5 Å². The zero-order valence-corrected chi connectivity index (χ0v) is 20.9. The van der Waals surface area contributed by atoms with Gasteiger partial charge in [-0.05, 0) is 69.3 Å². The summed E-state index contributed by atoms with van der Waals surface area (Å²) in [5.74, 6) is -2.04. The second-order valence-electron chi connectivity index (χ2n) is 9.16. The molecule has 0 spiro atoms. The number of methoxy groups -OCH3 is 1. The van der Waals surface area contributed by atoms with Crippen LogP contribution in [0.15, 0.2) is 65.5 Å². The molecule has 0 amide bonds. The molecular formula is C27H24ClFN2O5. The molecule has 9 heteroatoms. The summed E-state index contributed by atoms with van der Waals surface area (Å²) < 4.78 is 27.9. The van der Waals surface area contributed by atoms with E-state index in [9.17, 15) is 14.4 Å². The van der Waals surface area contributed by atoms with Gasteiger partial charge < -0.3 is 9.47 Å². The Morgan fingerprint density at radius 3 is 2.31 bits per heavy atom. The van der Waals surface area contributed by atoms with E-state index in [0.717, 1.165) is 0 Å². The van der Waals surface area contributed by atoms with E-state index in [2.05, 4.69) is 4.74 Å². The number of imidazole rings is 1. The van der Waals surface area contributed by atoms with Gasteiger partial charge in [0, 0.05) is 10.6 Å². The number of hydrogen-bond acceptors (Lipinski definition) is 5. The van der Waals surface area contributed by atoms with E-state index in [4.69, 9.17) is 16.3 Å². The normalized spacial score (nSPS) is 11.5. The lowest BCUT2D eigenvalue weighted by molar-refractivity contribution is 0.00693. The van der Waals surface area contributed by atoms with Crippen molar-refractivity contribution in [3.8, 4) is 5.69 Å². The van der Waals surface area contributed by atoms with Crippen LogP contribution in [-0.4, -0.2) is 33.8 Å². The number of nitrogens with zero attached hydrogens (tertiary/aromatic N) is 2. The minimum atomic E-state index is -0.805. The molecule has 186 valence electrons. The molecule has 0 bridgehead atoms. The molecule has 4 rings (SSSR count). The first-order valence-electron chi connectivity index (χ1n) is 11.1. The Labute approximate surface area is 211 Å². The fourth-order valence-corrected chi connectivity index (χ4v) is 4.02. The quantitative estimate of drug-likeness (QED) is 0.337. The molecule has 0 aliphatic rings. The van der Waals surface area contributed by atoms with Gasteiger partial charge in [0.15, 0.2) is 0 Å². The van der Waals surface area contributed by atoms with Crippen molar-refractivity contribution in [2.24, 2.45) is 0 Å². The third-order valence-electron chi connectivity index (χ3n) is 5.46. The highest BCUT2D eigenvalue weighted by Crippen LogP contribution is 2.24. The lowest BCUT2D eigenvalue weighted by Crippen LogP contribution is -2.25. The molecule has 0 atom stereocenters. The first-order chi connectivity index (χ1) is 17.0. The number of halogens is 2. The SMILES string of the molecule is COC(=O)c1cccc(Cn2c(=O)n(-c3ccc(C(=O)OC(C)(C)C)cc3)c3cc(Cl)ccc32)c1F. The van der Waals surface area contributed by atoms with Gasteiger partial charge in [-0.25, -0.2) is 18.8 Å². The molecule has 1 aromatic heterocycles. The highest BCUT2D eigenvalue weighted by molar-refractivity contribution is 6.31. The first kappa shape index (κ1) is 25.2. The standard InChI is InChI=1S/C27H24ClFN2O5/c1-27(2,3)36-24(32)16-8-11-19(12-9-16)31-22-14-18(28)10-13-21(22)30(26(31)34)15-17-6-5-7-20(23(17)29)25(33)35-4/h5-14H,15H2,1-4H3. The van der Waals surface area contributed by atoms with E-state index in [1.54, 1.807) is 63.2 Å². The van der Waals surface area contributed by atoms with Gasteiger partial charge in [0.2, 0.25) is 0 Å². The molecule has 0 saturated heterocycles. The van der Waals surface area contributed by atoms with Crippen LogP contribution in [0, 0.1) is 5.82 Å². The lowest BCUT2D eigenvalue weighted by atomic mass is 10.1. The van der Waals surface area contributed by atoms with Gasteiger partial charge in [-0.3, -0.25) is 9.13 Å². The number of hydrogen-bond donors (Lipinski definition) is 0. The summed E-state index contributed by atoms with van der Waals surface area (Å²) >= 11 is 6.23.